The fourth-order valence-electron chi connectivity index (χ4n) is 2.25. The largest absolute Gasteiger partial charge is 0.493 e. The Labute approximate surface area is 119 Å². The van der Waals surface area contributed by atoms with Crippen molar-refractivity contribution in [3.63, 3.8) is 0 Å². The van der Waals surface area contributed by atoms with Gasteiger partial charge in [0.2, 0.25) is 0 Å². The average Bonchev–Trinajstić information content (AvgIpc) is 2.39. The van der Waals surface area contributed by atoms with Crippen LogP contribution < -0.4 is 9.47 Å². The van der Waals surface area contributed by atoms with Crippen LogP contribution in [-0.4, -0.2) is 29.8 Å². The highest BCUT2D eigenvalue weighted by Gasteiger charge is 2.26. The summed E-state index contributed by atoms with van der Waals surface area (Å²) in [6, 6.07) is 5.66. The van der Waals surface area contributed by atoms with Gasteiger partial charge in [0.25, 0.3) is 0 Å². The molecule has 1 aromatic carbocycles. The normalized spacial score (nSPS) is 20.1. The Balaban J connectivity index is 2.29. The number of rotatable bonds is 4. The molecule has 1 atom stereocenters. The third-order valence-corrected chi connectivity index (χ3v) is 4.45. The zero-order valence-corrected chi connectivity index (χ0v) is 12.6. The van der Waals surface area contributed by atoms with E-state index in [1.807, 2.05) is 30.0 Å². The zero-order valence-electron chi connectivity index (χ0n) is 11.8. The lowest BCUT2D eigenvalue weighted by Crippen LogP contribution is -2.26. The molecule has 0 bridgehead atoms. The van der Waals surface area contributed by atoms with Gasteiger partial charge in [-0.3, -0.25) is 0 Å². The Kier molecular flexibility index (Phi) is 4.63. The molecule has 1 aliphatic rings. The van der Waals surface area contributed by atoms with E-state index in [0.717, 1.165) is 17.7 Å². The van der Waals surface area contributed by atoms with Crippen molar-refractivity contribution in [2.24, 2.45) is 0 Å². The van der Waals surface area contributed by atoms with Gasteiger partial charge in [0.05, 0.1) is 12.7 Å². The topological polar surface area (TPSA) is 38.7 Å². The Morgan fingerprint density at radius 1 is 1.37 bits per heavy atom. The van der Waals surface area contributed by atoms with Crippen LogP contribution in [0.2, 0.25) is 0 Å². The molecule has 0 aromatic heterocycles. The second kappa shape index (κ2) is 6.06. The maximum Gasteiger partial charge on any atom is 0.167 e. The summed E-state index contributed by atoms with van der Waals surface area (Å²) in [5, 5.41) is 10.3. The van der Waals surface area contributed by atoms with Gasteiger partial charge in [0.1, 0.15) is 6.10 Å². The Bertz CT molecular complexity index is 420. The fraction of sp³-hybridized carbons (Fsp3) is 0.600. The van der Waals surface area contributed by atoms with Crippen molar-refractivity contribution in [3.8, 4) is 11.5 Å². The van der Waals surface area contributed by atoms with Gasteiger partial charge < -0.3 is 14.6 Å². The van der Waals surface area contributed by atoms with Crippen molar-refractivity contribution >= 4 is 11.8 Å². The van der Waals surface area contributed by atoms with E-state index >= 15 is 0 Å². The van der Waals surface area contributed by atoms with Crippen molar-refractivity contribution in [2.75, 3.05) is 18.6 Å². The summed E-state index contributed by atoms with van der Waals surface area (Å²) in [6.07, 6.45) is 2.45. The van der Waals surface area contributed by atoms with Gasteiger partial charge in [-0.15, -0.1) is 0 Å². The lowest BCUT2D eigenvalue weighted by Gasteiger charge is -2.28. The van der Waals surface area contributed by atoms with Gasteiger partial charge in [-0.2, -0.15) is 11.8 Å². The summed E-state index contributed by atoms with van der Waals surface area (Å²) in [5.74, 6) is 3.59. The number of thioether (sulfide) groups is 1. The highest BCUT2D eigenvalue weighted by molar-refractivity contribution is 7.99. The average molecular weight is 282 g/mol. The molecule has 19 heavy (non-hydrogen) atoms. The minimum Gasteiger partial charge on any atom is -0.493 e. The summed E-state index contributed by atoms with van der Waals surface area (Å²) < 4.78 is 11.5. The molecule has 1 N–H and O–H groups in total. The molecule has 1 saturated heterocycles. The first kappa shape index (κ1) is 14.5. The molecule has 2 rings (SSSR count). The minimum atomic E-state index is -0.939. The monoisotopic (exact) mass is 282 g/mol. The van der Waals surface area contributed by atoms with E-state index in [1.165, 1.54) is 12.2 Å². The van der Waals surface area contributed by atoms with E-state index in [0.29, 0.717) is 11.5 Å². The maximum absolute atomic E-state index is 10.3. The van der Waals surface area contributed by atoms with Crippen molar-refractivity contribution < 1.29 is 14.6 Å². The summed E-state index contributed by atoms with van der Waals surface area (Å²) in [4.78, 5) is 0. The van der Waals surface area contributed by atoms with E-state index in [-0.39, 0.29) is 6.10 Å². The highest BCUT2D eigenvalue weighted by Crippen LogP contribution is 2.39. The lowest BCUT2D eigenvalue weighted by molar-refractivity contribution is 0.0715. The molecular weight excluding hydrogens is 260 g/mol. The van der Waals surface area contributed by atoms with Crippen molar-refractivity contribution in [1.82, 2.24) is 0 Å². The minimum absolute atomic E-state index is 0.205. The van der Waals surface area contributed by atoms with Crippen LogP contribution >= 0.6 is 11.8 Å². The van der Waals surface area contributed by atoms with Crippen LogP contribution in [0.15, 0.2) is 18.2 Å². The van der Waals surface area contributed by atoms with Crippen LogP contribution in [0.1, 0.15) is 32.3 Å². The first-order chi connectivity index (χ1) is 9.02. The van der Waals surface area contributed by atoms with E-state index < -0.39 is 5.60 Å². The predicted molar refractivity (Wildman–Crippen MR) is 79.2 cm³/mol. The van der Waals surface area contributed by atoms with Crippen molar-refractivity contribution in [3.05, 3.63) is 23.8 Å². The van der Waals surface area contributed by atoms with Gasteiger partial charge in [-0.05, 0) is 38.5 Å². The van der Waals surface area contributed by atoms with Gasteiger partial charge in [-0.25, -0.2) is 0 Å². The van der Waals surface area contributed by atoms with Crippen molar-refractivity contribution in [1.29, 1.82) is 0 Å². The first-order valence-electron chi connectivity index (χ1n) is 6.66. The number of benzene rings is 1. The van der Waals surface area contributed by atoms with Gasteiger partial charge >= 0.3 is 0 Å². The molecule has 1 aromatic rings. The molecule has 1 heterocycles. The van der Waals surface area contributed by atoms with Crippen LogP contribution in [0, 0.1) is 0 Å². The summed E-state index contributed by atoms with van der Waals surface area (Å²) in [5.41, 5.74) is -0.159. The van der Waals surface area contributed by atoms with E-state index in [4.69, 9.17) is 9.47 Å². The quantitative estimate of drug-likeness (QED) is 0.920. The predicted octanol–water partition coefficient (Wildman–Crippen LogP) is 3.20. The lowest BCUT2D eigenvalue weighted by atomic mass is 9.97. The van der Waals surface area contributed by atoms with Crippen LogP contribution in [0.5, 0.6) is 11.5 Å². The summed E-state index contributed by atoms with van der Waals surface area (Å²) >= 11 is 1.92. The maximum atomic E-state index is 10.3. The SMILES string of the molecule is COc1cccc(C(C)(C)O)c1OC1CCCSC1. The standard InChI is InChI=1S/C15H22O3S/c1-15(2,16)12-7-4-8-13(17-3)14(12)18-11-6-5-9-19-10-11/h4,7-8,11,16H,5-6,9-10H2,1-3H3. The number of hydrogen-bond donors (Lipinski definition) is 1. The molecule has 3 nitrogen and oxygen atoms in total. The molecule has 1 unspecified atom stereocenters. The molecule has 4 heteroatoms. The molecule has 1 aliphatic heterocycles. The van der Waals surface area contributed by atoms with Gasteiger partial charge in [-0.1, -0.05) is 12.1 Å². The Morgan fingerprint density at radius 3 is 2.74 bits per heavy atom. The first-order valence-corrected chi connectivity index (χ1v) is 7.82. The fourth-order valence-corrected chi connectivity index (χ4v) is 3.29. The van der Waals surface area contributed by atoms with E-state index in [1.54, 1.807) is 21.0 Å². The van der Waals surface area contributed by atoms with E-state index in [9.17, 15) is 5.11 Å². The second-order valence-electron chi connectivity index (χ2n) is 5.35. The van der Waals surface area contributed by atoms with Crippen LogP contribution in [-0.2, 0) is 5.60 Å². The van der Waals surface area contributed by atoms with E-state index in [2.05, 4.69) is 0 Å². The molecule has 0 spiro atoms. The summed E-state index contributed by atoms with van der Waals surface area (Å²) in [6.45, 7) is 3.54. The molecular formula is C15H22O3S. The van der Waals surface area contributed by atoms with Crippen LogP contribution in [0.3, 0.4) is 0 Å². The molecule has 0 radical (unpaired) electrons. The molecule has 0 aliphatic carbocycles. The van der Waals surface area contributed by atoms with Gasteiger partial charge in [0.15, 0.2) is 11.5 Å². The highest BCUT2D eigenvalue weighted by atomic mass is 32.2. The zero-order chi connectivity index (χ0) is 13.9. The molecule has 1 fully saturated rings. The Morgan fingerprint density at radius 2 is 2.16 bits per heavy atom. The molecule has 0 saturated carbocycles. The smallest absolute Gasteiger partial charge is 0.167 e. The number of hydrogen-bond acceptors (Lipinski definition) is 4. The number of methoxy groups -OCH3 is 1. The van der Waals surface area contributed by atoms with Gasteiger partial charge in [0, 0.05) is 11.3 Å². The Hall–Kier alpha value is -0.870. The van der Waals surface area contributed by atoms with Crippen molar-refractivity contribution in [2.45, 2.75) is 38.4 Å². The number of aliphatic hydroxyl groups is 1. The van der Waals surface area contributed by atoms with Crippen LogP contribution in [0.25, 0.3) is 0 Å². The summed E-state index contributed by atoms with van der Waals surface area (Å²) in [7, 11) is 1.63. The number of ether oxygens (including phenoxy) is 2. The number of para-hydroxylation sites is 1. The third-order valence-electron chi connectivity index (χ3n) is 3.26. The third kappa shape index (κ3) is 3.57. The molecule has 106 valence electrons. The molecule has 0 amide bonds. The second-order valence-corrected chi connectivity index (χ2v) is 6.50. The van der Waals surface area contributed by atoms with Crippen LogP contribution in [0.4, 0.5) is 0 Å².